The van der Waals surface area contributed by atoms with E-state index in [2.05, 4.69) is 14.9 Å². The maximum absolute atomic E-state index is 13.6. The van der Waals surface area contributed by atoms with E-state index in [1.165, 1.54) is 32.2 Å². The Balaban J connectivity index is 1.81. The fourth-order valence-corrected chi connectivity index (χ4v) is 5.02. The van der Waals surface area contributed by atoms with Crippen molar-refractivity contribution in [1.29, 1.82) is 0 Å². The Hall–Kier alpha value is -3.27. The summed E-state index contributed by atoms with van der Waals surface area (Å²) < 4.78 is 36.6. The zero-order chi connectivity index (χ0) is 27.3. The van der Waals surface area contributed by atoms with Crippen LogP contribution in [0.3, 0.4) is 0 Å². The second-order valence-electron chi connectivity index (χ2n) is 8.69. The number of aryl methyl sites for hydroxylation is 1. The first-order valence-electron chi connectivity index (χ1n) is 11.4. The van der Waals surface area contributed by atoms with Crippen LogP contribution in [0.15, 0.2) is 46.1 Å². The number of benzene rings is 1. The summed E-state index contributed by atoms with van der Waals surface area (Å²) in [5.41, 5.74) is -1.21. The highest BCUT2D eigenvalue weighted by atomic mass is 31.2. The molecule has 0 saturated carbocycles. The van der Waals surface area contributed by atoms with Crippen molar-refractivity contribution in [3.05, 3.63) is 74.3 Å². The molecule has 2 heterocycles. The molecule has 200 valence electrons. The number of aromatic nitrogens is 2. The predicted octanol–water partition coefficient (Wildman–Crippen LogP) is 1.52. The number of nitrogens with zero attached hydrogens (tertiary/aromatic N) is 2. The van der Waals surface area contributed by atoms with Gasteiger partial charge in [-0.05, 0) is 39.8 Å². The third-order valence-electron chi connectivity index (χ3n) is 5.34. The molecule has 13 nitrogen and oxygen atoms in total. The first kappa shape index (κ1) is 28.3. The molecule has 1 saturated heterocycles. The zero-order valence-corrected chi connectivity index (χ0v) is 21.6. The van der Waals surface area contributed by atoms with Crippen molar-refractivity contribution in [2.24, 2.45) is 0 Å². The minimum absolute atomic E-state index is 0.183. The molecule has 1 aromatic heterocycles. The fourth-order valence-electron chi connectivity index (χ4n) is 3.52. The monoisotopic (exact) mass is 536 g/mol. The van der Waals surface area contributed by atoms with E-state index in [4.69, 9.17) is 25.1 Å². The second kappa shape index (κ2) is 11.9. The highest BCUT2D eigenvalue weighted by molar-refractivity contribution is 7.52. The largest absolute Gasteiger partial charge is 0.462 e. The Morgan fingerprint density at radius 3 is 2.59 bits per heavy atom. The lowest BCUT2D eigenvalue weighted by Crippen LogP contribution is -2.38. The van der Waals surface area contributed by atoms with Crippen molar-refractivity contribution in [3.63, 3.8) is 0 Å². The maximum atomic E-state index is 13.6. The lowest BCUT2D eigenvalue weighted by atomic mass is 10.1. The van der Waals surface area contributed by atoms with Crippen LogP contribution in [0.1, 0.15) is 32.6 Å². The maximum Gasteiger partial charge on any atom is 0.459 e. The van der Waals surface area contributed by atoms with E-state index in [1.807, 2.05) is 0 Å². The zero-order valence-electron chi connectivity index (χ0n) is 20.7. The van der Waals surface area contributed by atoms with Gasteiger partial charge in [-0.25, -0.2) is 15.9 Å². The summed E-state index contributed by atoms with van der Waals surface area (Å²) in [6.45, 7) is 13.2. The molecule has 1 unspecified atom stereocenters. The number of hydrogen-bond donors (Lipinski definition) is 3. The number of H-pyrrole nitrogens is 1. The van der Waals surface area contributed by atoms with E-state index in [0.717, 1.165) is 4.57 Å². The molecular formula is C23H29N4O9P. The van der Waals surface area contributed by atoms with E-state index >= 15 is 0 Å². The lowest BCUT2D eigenvalue weighted by molar-refractivity contribution is -0.149. The average molecular weight is 536 g/mol. The molecule has 0 amide bonds. The smallest absolute Gasteiger partial charge is 0.459 e. The topological polar surface area (TPSA) is 163 Å². The Morgan fingerprint density at radius 2 is 1.97 bits per heavy atom. The number of hydrogen-bond acceptors (Lipinski definition) is 9. The normalized spacial score (nSPS) is 23.7. The molecule has 1 aliphatic heterocycles. The summed E-state index contributed by atoms with van der Waals surface area (Å²) in [5.74, 6) is -0.503. The highest BCUT2D eigenvalue weighted by Crippen LogP contribution is 2.46. The third-order valence-corrected chi connectivity index (χ3v) is 6.98. The van der Waals surface area contributed by atoms with E-state index in [1.54, 1.807) is 32.0 Å². The summed E-state index contributed by atoms with van der Waals surface area (Å²) in [4.78, 5) is 41.8. The molecule has 0 bridgehead atoms. The molecule has 1 aromatic carbocycles. The van der Waals surface area contributed by atoms with Gasteiger partial charge in [-0.15, -0.1) is 0 Å². The van der Waals surface area contributed by atoms with Gasteiger partial charge in [0.25, 0.3) is 11.6 Å². The van der Waals surface area contributed by atoms with Crippen LogP contribution in [0.4, 0.5) is 0 Å². The number of esters is 1. The summed E-state index contributed by atoms with van der Waals surface area (Å²) >= 11 is 0. The molecule has 14 heteroatoms. The Bertz CT molecular complexity index is 1300. The minimum Gasteiger partial charge on any atom is -0.462 e. The number of carbonyl (C=O) groups is 1. The van der Waals surface area contributed by atoms with Crippen LogP contribution in [0.5, 0.6) is 5.75 Å². The molecule has 37 heavy (non-hydrogen) atoms. The quantitative estimate of drug-likeness (QED) is 0.231. The average Bonchev–Trinajstić information content (AvgIpc) is 3.15. The molecule has 3 rings (SSSR count). The van der Waals surface area contributed by atoms with Gasteiger partial charge < -0.3 is 23.9 Å². The number of aliphatic hydroxyl groups is 1. The van der Waals surface area contributed by atoms with Crippen LogP contribution < -0.4 is 20.9 Å². The fraction of sp³-hybridized carbons (Fsp3) is 0.478. The van der Waals surface area contributed by atoms with E-state index in [9.17, 15) is 24.1 Å². The molecule has 2 aromatic rings. The number of ether oxygens (including phenoxy) is 2. The van der Waals surface area contributed by atoms with Gasteiger partial charge in [0, 0.05) is 11.8 Å². The number of para-hydroxylation sites is 1. The Labute approximate surface area is 212 Å². The highest BCUT2D eigenvalue weighted by Gasteiger charge is 2.51. The molecule has 0 radical (unpaired) electrons. The van der Waals surface area contributed by atoms with Crippen LogP contribution in [0.25, 0.3) is 4.85 Å². The van der Waals surface area contributed by atoms with Gasteiger partial charge in [-0.2, -0.15) is 5.09 Å². The Morgan fingerprint density at radius 1 is 1.30 bits per heavy atom. The molecule has 6 atom stereocenters. The van der Waals surface area contributed by atoms with Gasteiger partial charge in [-0.3, -0.25) is 23.7 Å². The van der Waals surface area contributed by atoms with E-state index in [0.29, 0.717) is 0 Å². The van der Waals surface area contributed by atoms with Crippen LogP contribution in [-0.4, -0.2) is 57.6 Å². The number of rotatable bonds is 10. The molecule has 3 N–H and O–H groups in total. The van der Waals surface area contributed by atoms with E-state index in [-0.39, 0.29) is 11.3 Å². The number of aromatic amines is 1. The van der Waals surface area contributed by atoms with Crippen LogP contribution in [-0.2, 0) is 23.4 Å². The summed E-state index contributed by atoms with van der Waals surface area (Å²) in [6.07, 6.45) is -3.05. The van der Waals surface area contributed by atoms with Crippen LogP contribution >= 0.6 is 7.75 Å². The van der Waals surface area contributed by atoms with E-state index < -0.39 is 68.2 Å². The summed E-state index contributed by atoms with van der Waals surface area (Å²) in [7, 11) is -4.25. The Kier molecular flexibility index (Phi) is 9.07. The van der Waals surface area contributed by atoms with Crippen molar-refractivity contribution < 1.29 is 33.0 Å². The molecule has 1 fully saturated rings. The number of carbonyl (C=O) groups excluding carboxylic acids is 1. The van der Waals surface area contributed by atoms with Crippen molar-refractivity contribution in [2.45, 2.75) is 64.3 Å². The van der Waals surface area contributed by atoms with Crippen molar-refractivity contribution in [3.8, 4) is 5.75 Å². The number of aliphatic hydroxyl groups excluding tert-OH is 1. The summed E-state index contributed by atoms with van der Waals surface area (Å²) in [5, 5.41) is 13.2. The standard InChI is InChI=1S/C23H29N4O9P/c1-13(2)34-22(30)15(4)26-37(32,36-16-9-7-6-8-10-16)33-12-17-19(28)18(24-5)21(35-17)27-11-14(3)20(29)25-23(27)31/h6-11,13,15,17-19,21,28H,12H2,1-4H3,(H,26,32)(H,25,29,31)/t15-,17-,18+,19?,21-,37-/m0/s1. The molecule has 0 aliphatic carbocycles. The van der Waals surface area contributed by atoms with Gasteiger partial charge >= 0.3 is 19.4 Å². The number of nitrogens with one attached hydrogen (secondary N) is 2. The predicted molar refractivity (Wildman–Crippen MR) is 131 cm³/mol. The second-order valence-corrected chi connectivity index (χ2v) is 10.4. The SMILES string of the molecule is [C-]#[N+][C@@H]1C(O)[C@H](CO[P@@](=O)(N[C@@H](C)C(=O)OC(C)C)Oc2ccccc2)O[C@@H]1n1cc(C)c(=O)[nH]c1=O. The lowest BCUT2D eigenvalue weighted by Gasteiger charge is -2.24. The van der Waals surface area contributed by atoms with Crippen LogP contribution in [0, 0.1) is 13.5 Å². The van der Waals surface area contributed by atoms with Gasteiger partial charge in [0.2, 0.25) is 6.23 Å². The first-order chi connectivity index (χ1) is 17.4. The molecular weight excluding hydrogens is 507 g/mol. The van der Waals surface area contributed by atoms with Crippen molar-refractivity contribution in [2.75, 3.05) is 6.61 Å². The van der Waals surface area contributed by atoms with Gasteiger partial charge in [0.1, 0.15) is 17.9 Å². The van der Waals surface area contributed by atoms with Crippen molar-refractivity contribution in [1.82, 2.24) is 14.6 Å². The molecule has 0 spiro atoms. The first-order valence-corrected chi connectivity index (χ1v) is 13.0. The molecule has 1 aliphatic rings. The van der Waals surface area contributed by atoms with Crippen LogP contribution in [0.2, 0.25) is 0 Å². The van der Waals surface area contributed by atoms with Gasteiger partial charge in [0.05, 0.1) is 12.7 Å². The minimum atomic E-state index is -4.25. The van der Waals surface area contributed by atoms with Gasteiger partial charge in [0.15, 0.2) is 6.10 Å². The van der Waals surface area contributed by atoms with Gasteiger partial charge in [-0.1, -0.05) is 18.2 Å². The third kappa shape index (κ3) is 6.94. The van der Waals surface area contributed by atoms with Crippen molar-refractivity contribution >= 4 is 13.7 Å². The summed E-state index contributed by atoms with van der Waals surface area (Å²) in [6, 6.07) is 5.78.